The molecule has 0 saturated carbocycles. The van der Waals surface area contributed by atoms with E-state index in [1.54, 1.807) is 0 Å². The van der Waals surface area contributed by atoms with Crippen molar-refractivity contribution in [1.29, 1.82) is 0 Å². The van der Waals surface area contributed by atoms with Crippen LogP contribution < -0.4 is 0 Å². The van der Waals surface area contributed by atoms with Crippen molar-refractivity contribution in [3.63, 3.8) is 0 Å². The van der Waals surface area contributed by atoms with Gasteiger partial charge in [0.05, 0.1) is 0 Å². The van der Waals surface area contributed by atoms with E-state index >= 15 is 0 Å². The third-order valence-electron chi connectivity index (χ3n) is 7.51. The second-order valence-corrected chi connectivity index (χ2v) is 16.9. The van der Waals surface area contributed by atoms with Crippen LogP contribution in [0.15, 0.2) is 0 Å². The standard InChI is InChI=1S/C31H67NSi/c1-6-8-10-12-14-16-18-20-22-24-26-28-30-32(33(3,4)5)31-29-27-25-23-21-19-17-15-13-11-9-7-2/h6-31H2,1-5H3. The van der Waals surface area contributed by atoms with Crippen molar-refractivity contribution in [2.24, 2.45) is 0 Å². The van der Waals surface area contributed by atoms with Crippen LogP contribution in [-0.2, 0) is 0 Å². The summed E-state index contributed by atoms with van der Waals surface area (Å²) in [5.74, 6) is 0. The number of rotatable bonds is 27. The highest BCUT2D eigenvalue weighted by Gasteiger charge is 2.22. The van der Waals surface area contributed by atoms with Crippen LogP contribution in [-0.4, -0.2) is 25.9 Å². The van der Waals surface area contributed by atoms with Crippen molar-refractivity contribution >= 4 is 8.24 Å². The van der Waals surface area contributed by atoms with E-state index in [0.717, 1.165) is 0 Å². The Kier molecular flexibility index (Phi) is 25.4. The number of nitrogens with zero attached hydrogens (tertiary/aromatic N) is 1. The summed E-state index contributed by atoms with van der Waals surface area (Å²) in [6.07, 6.45) is 34.9. The lowest BCUT2D eigenvalue weighted by Crippen LogP contribution is -2.47. The predicted molar refractivity (Wildman–Crippen MR) is 157 cm³/mol. The van der Waals surface area contributed by atoms with E-state index < -0.39 is 8.24 Å². The van der Waals surface area contributed by atoms with Gasteiger partial charge in [-0.05, 0) is 25.9 Å². The SMILES string of the molecule is CCCCCCCCCCCCCCN(CCCCCCCCCCCCCC)[Si](C)(C)C. The second kappa shape index (κ2) is 25.3. The van der Waals surface area contributed by atoms with Gasteiger partial charge < -0.3 is 4.57 Å². The van der Waals surface area contributed by atoms with Gasteiger partial charge >= 0.3 is 0 Å². The summed E-state index contributed by atoms with van der Waals surface area (Å²) in [6, 6.07) is 0. The molecule has 0 radical (unpaired) electrons. The minimum atomic E-state index is -1.15. The van der Waals surface area contributed by atoms with Crippen molar-refractivity contribution in [2.75, 3.05) is 13.1 Å². The summed E-state index contributed by atoms with van der Waals surface area (Å²) in [5.41, 5.74) is 0. The van der Waals surface area contributed by atoms with Crippen LogP contribution in [0.1, 0.15) is 168 Å². The first-order chi connectivity index (χ1) is 16.0. The van der Waals surface area contributed by atoms with Crippen LogP contribution in [0.3, 0.4) is 0 Å². The monoisotopic (exact) mass is 482 g/mol. The summed E-state index contributed by atoms with van der Waals surface area (Å²) >= 11 is 0. The molecular weight excluding hydrogens is 414 g/mol. The zero-order valence-electron chi connectivity index (χ0n) is 24.3. The average Bonchev–Trinajstić information content (AvgIpc) is 2.78. The topological polar surface area (TPSA) is 3.24 Å². The summed E-state index contributed by atoms with van der Waals surface area (Å²) in [5, 5.41) is 0. The van der Waals surface area contributed by atoms with E-state index in [1.165, 1.54) is 167 Å². The van der Waals surface area contributed by atoms with Gasteiger partial charge in [0.2, 0.25) is 0 Å². The van der Waals surface area contributed by atoms with Crippen molar-refractivity contribution < 1.29 is 0 Å². The second-order valence-electron chi connectivity index (χ2n) is 11.9. The number of unbranched alkanes of at least 4 members (excludes halogenated alkanes) is 22. The molecule has 0 rings (SSSR count). The van der Waals surface area contributed by atoms with E-state index in [0.29, 0.717) is 0 Å². The number of hydrogen-bond acceptors (Lipinski definition) is 1. The van der Waals surface area contributed by atoms with E-state index in [4.69, 9.17) is 0 Å². The van der Waals surface area contributed by atoms with Crippen LogP contribution in [0, 0.1) is 0 Å². The molecular formula is C31H67NSi. The smallest absolute Gasteiger partial charge is 0.119 e. The maximum absolute atomic E-state index is 2.90. The van der Waals surface area contributed by atoms with E-state index in [2.05, 4.69) is 38.1 Å². The van der Waals surface area contributed by atoms with Gasteiger partial charge in [-0.1, -0.05) is 175 Å². The molecule has 0 aromatic carbocycles. The Balaban J connectivity index is 3.56. The molecule has 0 heterocycles. The normalized spacial score (nSPS) is 12.2. The highest BCUT2D eigenvalue weighted by atomic mass is 28.3. The molecule has 0 fully saturated rings. The van der Waals surface area contributed by atoms with Crippen molar-refractivity contribution in [3.8, 4) is 0 Å². The molecule has 200 valence electrons. The van der Waals surface area contributed by atoms with Crippen molar-refractivity contribution in [2.45, 2.75) is 188 Å². The van der Waals surface area contributed by atoms with Gasteiger partial charge in [-0.3, -0.25) is 0 Å². The van der Waals surface area contributed by atoms with E-state index in [-0.39, 0.29) is 0 Å². The Labute approximate surface area is 213 Å². The molecule has 0 aliphatic heterocycles. The van der Waals surface area contributed by atoms with Crippen LogP contribution >= 0.6 is 0 Å². The lowest BCUT2D eigenvalue weighted by Gasteiger charge is -2.34. The maximum Gasteiger partial charge on any atom is 0.119 e. The Morgan fingerprint density at radius 1 is 0.333 bits per heavy atom. The molecule has 0 atom stereocenters. The summed E-state index contributed by atoms with van der Waals surface area (Å²) in [4.78, 5) is 0. The fourth-order valence-corrected chi connectivity index (χ4v) is 6.73. The van der Waals surface area contributed by atoms with Gasteiger partial charge in [-0.25, -0.2) is 0 Å². The highest BCUT2D eigenvalue weighted by Crippen LogP contribution is 2.17. The van der Waals surface area contributed by atoms with Crippen molar-refractivity contribution in [1.82, 2.24) is 4.57 Å². The average molecular weight is 482 g/mol. The molecule has 0 aliphatic carbocycles. The minimum Gasteiger partial charge on any atom is -0.324 e. The van der Waals surface area contributed by atoms with E-state index in [1.807, 2.05) is 0 Å². The molecule has 2 heteroatoms. The third kappa shape index (κ3) is 25.1. The molecule has 0 spiro atoms. The van der Waals surface area contributed by atoms with Gasteiger partial charge in [0.1, 0.15) is 8.24 Å². The van der Waals surface area contributed by atoms with Crippen LogP contribution in [0.2, 0.25) is 19.6 Å². The molecule has 0 aliphatic rings. The molecule has 0 aromatic rings. The van der Waals surface area contributed by atoms with Gasteiger partial charge in [0.15, 0.2) is 0 Å². The van der Waals surface area contributed by atoms with Crippen molar-refractivity contribution in [3.05, 3.63) is 0 Å². The zero-order valence-corrected chi connectivity index (χ0v) is 25.3. The molecule has 0 bridgehead atoms. The first-order valence-corrected chi connectivity index (χ1v) is 19.2. The highest BCUT2D eigenvalue weighted by molar-refractivity contribution is 6.73. The van der Waals surface area contributed by atoms with Crippen LogP contribution in [0.5, 0.6) is 0 Å². The fourth-order valence-electron chi connectivity index (χ4n) is 5.07. The predicted octanol–water partition coefficient (Wildman–Crippen LogP) is 11.5. The fraction of sp³-hybridized carbons (Fsp3) is 1.00. The first-order valence-electron chi connectivity index (χ1n) is 15.8. The first kappa shape index (κ1) is 33.2. The largest absolute Gasteiger partial charge is 0.324 e. The summed E-state index contributed by atoms with van der Waals surface area (Å²) in [7, 11) is -1.15. The van der Waals surface area contributed by atoms with Gasteiger partial charge in [-0.15, -0.1) is 0 Å². The molecule has 0 aromatic heterocycles. The third-order valence-corrected chi connectivity index (χ3v) is 9.86. The molecule has 0 saturated heterocycles. The zero-order chi connectivity index (χ0) is 24.5. The summed E-state index contributed by atoms with van der Waals surface area (Å²) < 4.78 is 2.90. The quantitative estimate of drug-likeness (QED) is 0.0832. The lowest BCUT2D eigenvalue weighted by atomic mass is 10.1. The molecule has 33 heavy (non-hydrogen) atoms. The van der Waals surface area contributed by atoms with Gasteiger partial charge in [-0.2, -0.15) is 0 Å². The molecule has 1 nitrogen and oxygen atoms in total. The lowest BCUT2D eigenvalue weighted by molar-refractivity contribution is 0.387. The number of hydrogen-bond donors (Lipinski definition) is 0. The Morgan fingerprint density at radius 2 is 0.545 bits per heavy atom. The van der Waals surface area contributed by atoms with Crippen LogP contribution in [0.25, 0.3) is 0 Å². The molecule has 0 amide bonds. The maximum atomic E-state index is 2.90. The molecule has 0 N–H and O–H groups in total. The minimum absolute atomic E-state index is 1.15. The van der Waals surface area contributed by atoms with Crippen LogP contribution in [0.4, 0.5) is 0 Å². The Hall–Kier alpha value is 0.177. The Morgan fingerprint density at radius 3 is 0.758 bits per heavy atom. The van der Waals surface area contributed by atoms with E-state index in [9.17, 15) is 0 Å². The van der Waals surface area contributed by atoms with Gasteiger partial charge in [0, 0.05) is 0 Å². The Bertz CT molecular complexity index is 334. The summed E-state index contributed by atoms with van der Waals surface area (Å²) in [6.45, 7) is 15.0. The molecule has 0 unspecified atom stereocenters. The van der Waals surface area contributed by atoms with Gasteiger partial charge in [0.25, 0.3) is 0 Å².